The molecule has 2 aliphatic rings. The number of morpholine rings is 1. The van der Waals surface area contributed by atoms with Crippen molar-refractivity contribution in [2.24, 2.45) is 0 Å². The van der Waals surface area contributed by atoms with E-state index in [2.05, 4.69) is 44.8 Å². The highest BCUT2D eigenvalue weighted by atomic mass is 16.5. The number of nitrogens with zero attached hydrogens (tertiary/aromatic N) is 3. The van der Waals surface area contributed by atoms with Crippen LogP contribution in [0.2, 0.25) is 0 Å². The Morgan fingerprint density at radius 2 is 1.91 bits per heavy atom. The van der Waals surface area contributed by atoms with E-state index >= 15 is 0 Å². The molecule has 4 nitrogen and oxygen atoms in total. The van der Waals surface area contributed by atoms with E-state index in [1.807, 2.05) is 12.5 Å². The van der Waals surface area contributed by atoms with Crippen LogP contribution in [0.25, 0.3) is 0 Å². The van der Waals surface area contributed by atoms with E-state index in [0.29, 0.717) is 0 Å². The Morgan fingerprint density at radius 1 is 1.09 bits per heavy atom. The normalized spacial score (nSPS) is 21.0. The summed E-state index contributed by atoms with van der Waals surface area (Å²) >= 11 is 0. The molecule has 0 radical (unpaired) electrons. The Morgan fingerprint density at radius 3 is 2.74 bits per heavy atom. The van der Waals surface area contributed by atoms with Gasteiger partial charge < -0.3 is 9.30 Å². The van der Waals surface area contributed by atoms with Crippen molar-refractivity contribution >= 4 is 0 Å². The maximum Gasteiger partial charge on any atom is 0.0951 e. The molecule has 0 bridgehead atoms. The van der Waals surface area contributed by atoms with Crippen LogP contribution in [0.3, 0.4) is 0 Å². The maximum atomic E-state index is 6.14. The predicted octanol–water partition coefficient (Wildman–Crippen LogP) is 3.08. The first-order valence-electron chi connectivity index (χ1n) is 8.72. The fourth-order valence-electron chi connectivity index (χ4n) is 4.01. The van der Waals surface area contributed by atoms with E-state index in [4.69, 9.17) is 4.74 Å². The molecule has 0 unspecified atom stereocenters. The molecule has 4 rings (SSSR count). The second-order valence-electron chi connectivity index (χ2n) is 6.95. The number of aromatic nitrogens is 2. The second-order valence-corrected chi connectivity index (χ2v) is 6.95. The van der Waals surface area contributed by atoms with Crippen LogP contribution in [0.5, 0.6) is 0 Å². The van der Waals surface area contributed by atoms with Crippen molar-refractivity contribution in [3.8, 4) is 0 Å². The standard InChI is InChI=1S/C19H25N3O/c1-2-6-17(7-3-1)13-22-16-20-12-18(22)14-21-10-11-23-19(15-21)8-4-5-9-19/h1-3,6-7,12,16H,4-5,8-11,13-15H2. The lowest BCUT2D eigenvalue weighted by Crippen LogP contribution is -2.50. The van der Waals surface area contributed by atoms with Crippen LogP contribution in [0.15, 0.2) is 42.9 Å². The summed E-state index contributed by atoms with van der Waals surface area (Å²) < 4.78 is 8.41. The number of ether oxygens (including phenoxy) is 1. The van der Waals surface area contributed by atoms with Gasteiger partial charge in [-0.1, -0.05) is 43.2 Å². The van der Waals surface area contributed by atoms with Crippen molar-refractivity contribution in [1.82, 2.24) is 14.5 Å². The molecule has 0 N–H and O–H groups in total. The van der Waals surface area contributed by atoms with Gasteiger partial charge in [0.1, 0.15) is 0 Å². The first kappa shape index (κ1) is 14.9. The minimum absolute atomic E-state index is 0.141. The van der Waals surface area contributed by atoms with Gasteiger partial charge in [-0.05, 0) is 18.4 Å². The van der Waals surface area contributed by atoms with E-state index in [-0.39, 0.29) is 5.60 Å². The van der Waals surface area contributed by atoms with Crippen molar-refractivity contribution in [1.29, 1.82) is 0 Å². The Kier molecular flexibility index (Phi) is 4.19. The molecule has 2 heterocycles. The van der Waals surface area contributed by atoms with E-state index < -0.39 is 0 Å². The monoisotopic (exact) mass is 311 g/mol. The highest BCUT2D eigenvalue weighted by Crippen LogP contribution is 2.36. The molecule has 2 fully saturated rings. The predicted molar refractivity (Wildman–Crippen MR) is 90.2 cm³/mol. The van der Waals surface area contributed by atoms with Crippen LogP contribution in [0, 0.1) is 0 Å². The molecule has 1 spiro atoms. The molecular weight excluding hydrogens is 286 g/mol. The zero-order valence-corrected chi connectivity index (χ0v) is 13.7. The van der Waals surface area contributed by atoms with Gasteiger partial charge in [-0.3, -0.25) is 4.90 Å². The molecular formula is C19H25N3O. The molecule has 0 atom stereocenters. The van der Waals surface area contributed by atoms with Crippen molar-refractivity contribution in [3.05, 3.63) is 54.1 Å². The van der Waals surface area contributed by atoms with Crippen LogP contribution < -0.4 is 0 Å². The molecule has 1 saturated carbocycles. The van der Waals surface area contributed by atoms with Gasteiger partial charge in [-0.15, -0.1) is 0 Å². The number of hydrogen-bond acceptors (Lipinski definition) is 3. The molecule has 23 heavy (non-hydrogen) atoms. The zero-order valence-electron chi connectivity index (χ0n) is 13.7. The van der Waals surface area contributed by atoms with Gasteiger partial charge in [-0.2, -0.15) is 0 Å². The summed E-state index contributed by atoms with van der Waals surface area (Å²) in [6.07, 6.45) is 9.06. The molecule has 1 aliphatic carbocycles. The Labute approximate surface area is 138 Å². The van der Waals surface area contributed by atoms with Crippen LogP contribution >= 0.6 is 0 Å². The van der Waals surface area contributed by atoms with E-state index in [1.165, 1.54) is 36.9 Å². The first-order valence-corrected chi connectivity index (χ1v) is 8.72. The van der Waals surface area contributed by atoms with E-state index in [9.17, 15) is 0 Å². The van der Waals surface area contributed by atoms with Gasteiger partial charge in [-0.25, -0.2) is 4.98 Å². The number of rotatable bonds is 4. The minimum Gasteiger partial charge on any atom is -0.372 e. The highest BCUT2D eigenvalue weighted by Gasteiger charge is 2.39. The molecule has 1 saturated heterocycles. The van der Waals surface area contributed by atoms with Crippen LogP contribution in [-0.4, -0.2) is 39.7 Å². The third-order valence-electron chi connectivity index (χ3n) is 5.22. The van der Waals surface area contributed by atoms with Gasteiger partial charge in [0.2, 0.25) is 0 Å². The van der Waals surface area contributed by atoms with Gasteiger partial charge in [0.15, 0.2) is 0 Å². The maximum absolute atomic E-state index is 6.14. The molecule has 2 aromatic rings. The van der Waals surface area contributed by atoms with Crippen molar-refractivity contribution in [2.75, 3.05) is 19.7 Å². The number of benzene rings is 1. The lowest BCUT2D eigenvalue weighted by molar-refractivity contribution is -0.107. The van der Waals surface area contributed by atoms with Crippen molar-refractivity contribution < 1.29 is 4.74 Å². The second kappa shape index (κ2) is 6.46. The third kappa shape index (κ3) is 3.33. The molecule has 1 aliphatic heterocycles. The van der Waals surface area contributed by atoms with Gasteiger partial charge in [0.05, 0.1) is 24.2 Å². The van der Waals surface area contributed by atoms with Gasteiger partial charge in [0, 0.05) is 32.4 Å². The average molecular weight is 311 g/mol. The quantitative estimate of drug-likeness (QED) is 0.869. The SMILES string of the molecule is c1ccc(Cn2cncc2CN2CCOC3(CCCC3)C2)cc1. The highest BCUT2D eigenvalue weighted by molar-refractivity contribution is 5.16. The summed E-state index contributed by atoms with van der Waals surface area (Å²) in [6, 6.07) is 10.6. The first-order chi connectivity index (χ1) is 11.3. The van der Waals surface area contributed by atoms with Crippen molar-refractivity contribution in [3.63, 3.8) is 0 Å². The lowest BCUT2D eigenvalue weighted by Gasteiger charge is -2.40. The Hall–Kier alpha value is -1.65. The van der Waals surface area contributed by atoms with Gasteiger partial charge >= 0.3 is 0 Å². The largest absolute Gasteiger partial charge is 0.372 e. The molecule has 1 aromatic heterocycles. The molecule has 4 heteroatoms. The topological polar surface area (TPSA) is 30.3 Å². The average Bonchev–Trinajstić information content (AvgIpc) is 3.19. The smallest absolute Gasteiger partial charge is 0.0951 e. The Bertz CT molecular complexity index is 631. The summed E-state index contributed by atoms with van der Waals surface area (Å²) in [5.41, 5.74) is 2.76. The third-order valence-corrected chi connectivity index (χ3v) is 5.22. The summed E-state index contributed by atoms with van der Waals surface area (Å²) in [6.45, 7) is 4.83. The molecule has 1 aromatic carbocycles. The van der Waals surface area contributed by atoms with Crippen molar-refractivity contribution in [2.45, 2.75) is 44.4 Å². The Balaban J connectivity index is 1.44. The molecule has 0 amide bonds. The van der Waals surface area contributed by atoms with Crippen LogP contribution in [0.1, 0.15) is 36.9 Å². The fourth-order valence-corrected chi connectivity index (χ4v) is 4.01. The summed E-state index contributed by atoms with van der Waals surface area (Å²) in [4.78, 5) is 6.93. The zero-order chi connectivity index (χ0) is 15.5. The van der Waals surface area contributed by atoms with Crippen LogP contribution in [0.4, 0.5) is 0 Å². The van der Waals surface area contributed by atoms with Gasteiger partial charge in [0.25, 0.3) is 0 Å². The van der Waals surface area contributed by atoms with E-state index in [1.54, 1.807) is 0 Å². The van der Waals surface area contributed by atoms with E-state index in [0.717, 1.165) is 32.8 Å². The number of imidazole rings is 1. The lowest BCUT2D eigenvalue weighted by atomic mass is 9.99. The summed E-state index contributed by atoms with van der Waals surface area (Å²) in [5.74, 6) is 0. The fraction of sp³-hybridized carbons (Fsp3) is 0.526. The summed E-state index contributed by atoms with van der Waals surface area (Å²) in [7, 11) is 0. The summed E-state index contributed by atoms with van der Waals surface area (Å²) in [5, 5.41) is 0. The molecule has 122 valence electrons. The van der Waals surface area contributed by atoms with Crippen LogP contribution in [-0.2, 0) is 17.8 Å². The minimum atomic E-state index is 0.141. The number of hydrogen-bond donors (Lipinski definition) is 0.